The Labute approximate surface area is 215 Å². The van der Waals surface area contributed by atoms with E-state index in [-0.39, 0.29) is 11.8 Å². The van der Waals surface area contributed by atoms with Crippen molar-refractivity contribution >= 4 is 35.0 Å². The van der Waals surface area contributed by atoms with E-state index in [4.69, 9.17) is 4.74 Å². The molecule has 1 atom stereocenters. The standard InChI is InChI=1S/C30H28N2O3S/c1-20-12-17-27(21(2)18-20)32-30(34)28(22-8-5-4-6-9-22)36-26-11-7-10-24(19-26)31-29(33)23-13-15-25(35-3)16-14-23/h4-19,28H,1-3H3,(H,31,33)(H,32,34). The van der Waals surface area contributed by atoms with Crippen molar-refractivity contribution in [3.8, 4) is 5.75 Å². The highest BCUT2D eigenvalue weighted by atomic mass is 32.2. The summed E-state index contributed by atoms with van der Waals surface area (Å²) in [4.78, 5) is 27.0. The zero-order valence-corrected chi connectivity index (χ0v) is 21.3. The van der Waals surface area contributed by atoms with Crippen molar-refractivity contribution in [2.45, 2.75) is 24.0 Å². The lowest BCUT2D eigenvalue weighted by Gasteiger charge is -2.18. The van der Waals surface area contributed by atoms with E-state index < -0.39 is 5.25 Å². The van der Waals surface area contributed by atoms with Gasteiger partial charge < -0.3 is 15.4 Å². The third-order valence-electron chi connectivity index (χ3n) is 5.68. The molecule has 0 aliphatic carbocycles. The molecule has 0 saturated heterocycles. The van der Waals surface area contributed by atoms with Crippen LogP contribution in [-0.4, -0.2) is 18.9 Å². The average Bonchev–Trinajstić information content (AvgIpc) is 2.89. The fourth-order valence-corrected chi connectivity index (χ4v) is 4.87. The van der Waals surface area contributed by atoms with Gasteiger partial charge in [-0.25, -0.2) is 0 Å². The van der Waals surface area contributed by atoms with E-state index in [1.807, 2.05) is 80.6 Å². The van der Waals surface area contributed by atoms with Crippen LogP contribution < -0.4 is 15.4 Å². The first kappa shape index (κ1) is 25.1. The fraction of sp³-hybridized carbons (Fsp3) is 0.133. The van der Waals surface area contributed by atoms with E-state index in [9.17, 15) is 9.59 Å². The Morgan fingerprint density at radius 1 is 0.806 bits per heavy atom. The molecule has 5 nitrogen and oxygen atoms in total. The molecule has 4 aromatic rings. The van der Waals surface area contributed by atoms with Crippen LogP contribution in [0, 0.1) is 13.8 Å². The molecule has 36 heavy (non-hydrogen) atoms. The average molecular weight is 497 g/mol. The smallest absolute Gasteiger partial charge is 0.255 e. The van der Waals surface area contributed by atoms with E-state index in [2.05, 4.69) is 16.7 Å². The van der Waals surface area contributed by atoms with E-state index >= 15 is 0 Å². The molecule has 0 bridgehead atoms. The van der Waals surface area contributed by atoms with Crippen molar-refractivity contribution in [1.82, 2.24) is 0 Å². The predicted molar refractivity (Wildman–Crippen MR) is 147 cm³/mol. The van der Waals surface area contributed by atoms with Gasteiger partial charge in [0, 0.05) is 21.8 Å². The van der Waals surface area contributed by atoms with Crippen molar-refractivity contribution in [3.05, 3.63) is 119 Å². The Morgan fingerprint density at radius 3 is 2.25 bits per heavy atom. The van der Waals surface area contributed by atoms with Crippen molar-refractivity contribution in [3.63, 3.8) is 0 Å². The molecule has 4 aromatic carbocycles. The summed E-state index contributed by atoms with van der Waals surface area (Å²) in [6.07, 6.45) is 0. The molecular weight excluding hydrogens is 468 g/mol. The molecule has 4 rings (SSSR count). The summed E-state index contributed by atoms with van der Waals surface area (Å²) in [5.74, 6) is 0.369. The van der Waals surface area contributed by atoms with Gasteiger partial charge in [0.15, 0.2) is 0 Å². The fourth-order valence-electron chi connectivity index (χ4n) is 3.78. The van der Waals surface area contributed by atoms with E-state index in [1.165, 1.54) is 11.8 Å². The van der Waals surface area contributed by atoms with Gasteiger partial charge in [-0.1, -0.05) is 54.1 Å². The first-order valence-corrected chi connectivity index (χ1v) is 12.5. The molecule has 182 valence electrons. The minimum Gasteiger partial charge on any atom is -0.497 e. The summed E-state index contributed by atoms with van der Waals surface area (Å²) in [7, 11) is 1.59. The lowest BCUT2D eigenvalue weighted by molar-refractivity contribution is -0.115. The van der Waals surface area contributed by atoms with Crippen LogP contribution >= 0.6 is 11.8 Å². The number of methoxy groups -OCH3 is 1. The molecule has 0 radical (unpaired) electrons. The Balaban J connectivity index is 1.53. The Kier molecular flexibility index (Phi) is 8.08. The lowest BCUT2D eigenvalue weighted by atomic mass is 10.1. The number of hydrogen-bond donors (Lipinski definition) is 2. The van der Waals surface area contributed by atoms with Crippen LogP contribution in [0.2, 0.25) is 0 Å². The number of benzene rings is 4. The number of nitrogens with one attached hydrogen (secondary N) is 2. The lowest BCUT2D eigenvalue weighted by Crippen LogP contribution is -2.19. The largest absolute Gasteiger partial charge is 0.497 e. The molecule has 1 unspecified atom stereocenters. The number of carbonyl (C=O) groups excluding carboxylic acids is 2. The van der Waals surface area contributed by atoms with Gasteiger partial charge in [0.2, 0.25) is 5.91 Å². The highest BCUT2D eigenvalue weighted by Crippen LogP contribution is 2.37. The molecule has 0 aliphatic heterocycles. The van der Waals surface area contributed by atoms with Crippen LogP contribution in [0.3, 0.4) is 0 Å². The van der Waals surface area contributed by atoms with Crippen LogP contribution in [0.4, 0.5) is 11.4 Å². The molecule has 2 amide bonds. The molecule has 0 fully saturated rings. The van der Waals surface area contributed by atoms with Crippen LogP contribution in [0.5, 0.6) is 5.75 Å². The maximum Gasteiger partial charge on any atom is 0.255 e. The second-order valence-electron chi connectivity index (χ2n) is 8.43. The van der Waals surface area contributed by atoms with Gasteiger partial charge in [0.25, 0.3) is 5.91 Å². The molecule has 0 aliphatic rings. The minimum atomic E-state index is -0.473. The predicted octanol–water partition coefficient (Wildman–Crippen LogP) is 7.04. The number of amides is 2. The van der Waals surface area contributed by atoms with E-state index in [0.717, 1.165) is 27.3 Å². The monoisotopic (exact) mass is 496 g/mol. The van der Waals surface area contributed by atoms with Crippen molar-refractivity contribution in [1.29, 1.82) is 0 Å². The summed E-state index contributed by atoms with van der Waals surface area (Å²) >= 11 is 1.44. The van der Waals surface area contributed by atoms with Crippen molar-refractivity contribution in [2.75, 3.05) is 17.7 Å². The summed E-state index contributed by atoms with van der Waals surface area (Å²) in [5.41, 5.74) is 5.05. The molecule has 0 saturated carbocycles. The molecule has 6 heteroatoms. The third-order valence-corrected chi connectivity index (χ3v) is 6.93. The SMILES string of the molecule is COc1ccc(C(=O)Nc2cccc(SC(C(=O)Nc3ccc(C)cc3C)c3ccccc3)c2)cc1. The number of ether oxygens (including phenoxy) is 1. The molecule has 0 aromatic heterocycles. The quantitative estimate of drug-likeness (QED) is 0.257. The minimum absolute atomic E-state index is 0.106. The number of hydrogen-bond acceptors (Lipinski definition) is 4. The zero-order chi connectivity index (χ0) is 25.5. The first-order valence-electron chi connectivity index (χ1n) is 11.6. The van der Waals surface area contributed by atoms with E-state index in [0.29, 0.717) is 17.0 Å². The maximum atomic E-state index is 13.4. The number of anilines is 2. The van der Waals surface area contributed by atoms with Gasteiger partial charge >= 0.3 is 0 Å². The summed E-state index contributed by atoms with van der Waals surface area (Å²) in [5, 5.41) is 5.56. The number of rotatable bonds is 8. The van der Waals surface area contributed by atoms with Crippen molar-refractivity contribution < 1.29 is 14.3 Å². The summed E-state index contributed by atoms with van der Waals surface area (Å²) in [6, 6.07) is 30.1. The molecule has 0 heterocycles. The van der Waals surface area contributed by atoms with Gasteiger partial charge in [-0.2, -0.15) is 0 Å². The maximum absolute atomic E-state index is 13.4. The molecule has 0 spiro atoms. The number of aryl methyl sites for hydroxylation is 2. The van der Waals surface area contributed by atoms with Crippen LogP contribution in [0.25, 0.3) is 0 Å². The number of carbonyl (C=O) groups is 2. The van der Waals surface area contributed by atoms with Gasteiger partial charge in [-0.05, 0) is 73.5 Å². The number of thioether (sulfide) groups is 1. The summed E-state index contributed by atoms with van der Waals surface area (Å²) < 4.78 is 5.16. The topological polar surface area (TPSA) is 67.4 Å². The van der Waals surface area contributed by atoms with Crippen LogP contribution in [0.15, 0.2) is 102 Å². The third kappa shape index (κ3) is 6.34. The van der Waals surface area contributed by atoms with E-state index in [1.54, 1.807) is 31.4 Å². The highest BCUT2D eigenvalue weighted by Gasteiger charge is 2.23. The second kappa shape index (κ2) is 11.6. The Hall–Kier alpha value is -4.03. The normalized spacial score (nSPS) is 11.4. The van der Waals surface area contributed by atoms with Crippen LogP contribution in [0.1, 0.15) is 32.3 Å². The van der Waals surface area contributed by atoms with Gasteiger partial charge in [0.1, 0.15) is 11.0 Å². The summed E-state index contributed by atoms with van der Waals surface area (Å²) in [6.45, 7) is 4.02. The highest BCUT2D eigenvalue weighted by molar-refractivity contribution is 8.00. The van der Waals surface area contributed by atoms with Gasteiger partial charge in [-0.15, -0.1) is 11.8 Å². The van der Waals surface area contributed by atoms with Gasteiger partial charge in [-0.3, -0.25) is 9.59 Å². The molecule has 2 N–H and O–H groups in total. The Bertz CT molecular complexity index is 1350. The van der Waals surface area contributed by atoms with Gasteiger partial charge in [0.05, 0.1) is 7.11 Å². The second-order valence-corrected chi connectivity index (χ2v) is 9.61. The van der Waals surface area contributed by atoms with Crippen LogP contribution in [-0.2, 0) is 4.79 Å². The van der Waals surface area contributed by atoms with Crippen molar-refractivity contribution in [2.24, 2.45) is 0 Å². The zero-order valence-electron chi connectivity index (χ0n) is 20.4. The first-order chi connectivity index (χ1) is 17.4. The molecular formula is C30H28N2O3S. The Morgan fingerprint density at radius 2 is 1.56 bits per heavy atom.